The zero-order valence-corrected chi connectivity index (χ0v) is 9.12. The number of carbonyl (C=O) groups is 1. The molecular formula is C11H11NO5. The molecule has 1 N–H and O–H groups in total. The Kier molecular flexibility index (Phi) is 4.21. The van der Waals surface area contributed by atoms with Gasteiger partial charge >= 0.3 is 11.7 Å². The van der Waals surface area contributed by atoms with E-state index in [1.54, 1.807) is 18.2 Å². The fourth-order valence-electron chi connectivity index (χ4n) is 1.19. The summed E-state index contributed by atoms with van der Waals surface area (Å²) in [6.45, 7) is 1.52. The Morgan fingerprint density at radius 3 is 2.47 bits per heavy atom. The Balaban J connectivity index is 3.21. The summed E-state index contributed by atoms with van der Waals surface area (Å²) < 4.78 is 4.51. The summed E-state index contributed by atoms with van der Waals surface area (Å²) in [6.07, 6.45) is 0. The third-order valence-corrected chi connectivity index (χ3v) is 1.92. The van der Waals surface area contributed by atoms with Crippen LogP contribution < -0.4 is 0 Å². The van der Waals surface area contributed by atoms with Crippen LogP contribution in [-0.2, 0) is 9.53 Å². The Hall–Kier alpha value is -2.37. The second kappa shape index (κ2) is 5.64. The predicted octanol–water partition coefficient (Wildman–Crippen LogP) is 1.75. The molecule has 0 amide bonds. The van der Waals surface area contributed by atoms with Crippen molar-refractivity contribution in [3.8, 4) is 0 Å². The fraction of sp³-hybridized carbons (Fsp3) is 0.182. The molecule has 0 fully saturated rings. The van der Waals surface area contributed by atoms with E-state index in [1.165, 1.54) is 19.1 Å². The van der Waals surface area contributed by atoms with Crippen LogP contribution in [0.15, 0.2) is 36.0 Å². The number of benzene rings is 1. The largest absolute Gasteiger partial charge is 0.501 e. The number of nitro groups is 1. The number of esters is 1. The first kappa shape index (κ1) is 12.7. The number of ether oxygens (including phenoxy) is 1. The van der Waals surface area contributed by atoms with Crippen molar-refractivity contribution in [1.29, 1.82) is 0 Å². The van der Waals surface area contributed by atoms with Crippen LogP contribution in [0.5, 0.6) is 0 Å². The van der Waals surface area contributed by atoms with Crippen molar-refractivity contribution < 1.29 is 19.6 Å². The van der Waals surface area contributed by atoms with E-state index in [4.69, 9.17) is 0 Å². The summed E-state index contributed by atoms with van der Waals surface area (Å²) >= 11 is 0. The van der Waals surface area contributed by atoms with Crippen molar-refractivity contribution in [2.45, 2.75) is 6.92 Å². The molecule has 0 aromatic heterocycles. The van der Waals surface area contributed by atoms with Gasteiger partial charge in [-0.2, -0.15) is 0 Å². The average Bonchev–Trinajstić information content (AvgIpc) is 2.30. The van der Waals surface area contributed by atoms with Crippen LogP contribution in [0.25, 0.3) is 5.76 Å². The van der Waals surface area contributed by atoms with Crippen LogP contribution in [0.4, 0.5) is 0 Å². The van der Waals surface area contributed by atoms with Gasteiger partial charge in [-0.05, 0) is 6.92 Å². The molecule has 0 spiro atoms. The quantitative estimate of drug-likeness (QED) is 0.283. The molecule has 0 unspecified atom stereocenters. The standard InChI is InChI=1S/C11H11NO5/c1-2-17-11(14)9(12(15)16)10(13)8-6-4-3-5-7-8/h3-7,13H,2H2,1H3/b10-9+. The monoisotopic (exact) mass is 237 g/mol. The maximum absolute atomic E-state index is 11.3. The molecule has 6 nitrogen and oxygen atoms in total. The molecule has 17 heavy (non-hydrogen) atoms. The van der Waals surface area contributed by atoms with Gasteiger partial charge in [0.2, 0.25) is 5.76 Å². The van der Waals surface area contributed by atoms with E-state index >= 15 is 0 Å². The second-order valence-corrected chi connectivity index (χ2v) is 3.04. The van der Waals surface area contributed by atoms with Gasteiger partial charge in [0.15, 0.2) is 0 Å². The number of rotatable bonds is 4. The second-order valence-electron chi connectivity index (χ2n) is 3.04. The third-order valence-electron chi connectivity index (χ3n) is 1.92. The van der Waals surface area contributed by atoms with Crippen molar-refractivity contribution in [3.63, 3.8) is 0 Å². The lowest BCUT2D eigenvalue weighted by atomic mass is 10.1. The summed E-state index contributed by atoms with van der Waals surface area (Å²) in [5.74, 6) is -1.85. The topological polar surface area (TPSA) is 89.7 Å². The molecule has 1 aromatic carbocycles. The SMILES string of the molecule is CCOC(=O)/C(=C(\O)c1ccccc1)[N+](=O)[O-]. The summed E-state index contributed by atoms with van der Waals surface area (Å²) in [7, 11) is 0. The fourth-order valence-corrected chi connectivity index (χ4v) is 1.19. The average molecular weight is 237 g/mol. The lowest BCUT2D eigenvalue weighted by molar-refractivity contribution is -0.421. The molecule has 0 atom stereocenters. The normalized spacial score (nSPS) is 11.6. The van der Waals surface area contributed by atoms with Crippen molar-refractivity contribution in [2.75, 3.05) is 6.61 Å². The summed E-state index contributed by atoms with van der Waals surface area (Å²) in [5, 5.41) is 20.4. The van der Waals surface area contributed by atoms with E-state index < -0.39 is 22.3 Å². The molecule has 0 aliphatic carbocycles. The molecule has 90 valence electrons. The van der Waals surface area contributed by atoms with Crippen molar-refractivity contribution in [2.24, 2.45) is 0 Å². The van der Waals surface area contributed by atoms with Crippen LogP contribution in [-0.4, -0.2) is 22.6 Å². The maximum Gasteiger partial charge on any atom is 0.414 e. The molecule has 0 bridgehead atoms. The zero-order valence-electron chi connectivity index (χ0n) is 9.12. The van der Waals surface area contributed by atoms with Gasteiger partial charge in [0.25, 0.3) is 0 Å². The van der Waals surface area contributed by atoms with Gasteiger partial charge in [0.05, 0.1) is 11.5 Å². The first-order valence-corrected chi connectivity index (χ1v) is 4.88. The van der Waals surface area contributed by atoms with E-state index in [0.717, 1.165) is 0 Å². The van der Waals surface area contributed by atoms with Gasteiger partial charge in [-0.15, -0.1) is 0 Å². The first-order valence-electron chi connectivity index (χ1n) is 4.88. The van der Waals surface area contributed by atoms with Crippen LogP contribution in [0.1, 0.15) is 12.5 Å². The molecule has 1 rings (SSSR count). The molecular weight excluding hydrogens is 226 g/mol. The molecule has 0 heterocycles. The highest BCUT2D eigenvalue weighted by molar-refractivity contribution is 5.93. The van der Waals surface area contributed by atoms with Crippen LogP contribution >= 0.6 is 0 Å². The smallest absolute Gasteiger partial charge is 0.414 e. The highest BCUT2D eigenvalue weighted by atomic mass is 16.6. The summed E-state index contributed by atoms with van der Waals surface area (Å²) in [5.41, 5.74) is -0.773. The Bertz CT molecular complexity index is 452. The Morgan fingerprint density at radius 1 is 1.41 bits per heavy atom. The summed E-state index contributed by atoms with van der Waals surface area (Å²) in [4.78, 5) is 21.1. The minimum Gasteiger partial charge on any atom is -0.501 e. The molecule has 0 aliphatic heterocycles. The molecule has 0 radical (unpaired) electrons. The first-order chi connectivity index (χ1) is 8.07. The van der Waals surface area contributed by atoms with Gasteiger partial charge in [-0.25, -0.2) is 4.79 Å². The van der Waals surface area contributed by atoms with E-state index in [-0.39, 0.29) is 12.2 Å². The number of carbonyl (C=O) groups excluding carboxylic acids is 1. The number of nitrogens with zero attached hydrogens (tertiary/aromatic N) is 1. The van der Waals surface area contributed by atoms with Gasteiger partial charge in [-0.1, -0.05) is 30.3 Å². The predicted molar refractivity (Wildman–Crippen MR) is 59.6 cm³/mol. The number of hydrogen-bond donors (Lipinski definition) is 1. The highest BCUT2D eigenvalue weighted by Crippen LogP contribution is 2.17. The molecule has 0 saturated heterocycles. The lowest BCUT2D eigenvalue weighted by Gasteiger charge is -2.02. The van der Waals surface area contributed by atoms with Gasteiger partial charge < -0.3 is 9.84 Å². The molecule has 1 aromatic rings. The van der Waals surface area contributed by atoms with Crippen LogP contribution in [0.2, 0.25) is 0 Å². The maximum atomic E-state index is 11.3. The van der Waals surface area contributed by atoms with E-state index in [9.17, 15) is 20.0 Å². The number of aliphatic hydroxyl groups is 1. The minimum atomic E-state index is -1.15. The van der Waals surface area contributed by atoms with Gasteiger partial charge in [-0.3, -0.25) is 10.1 Å². The van der Waals surface area contributed by atoms with Crippen molar-refractivity contribution >= 4 is 11.7 Å². The highest BCUT2D eigenvalue weighted by Gasteiger charge is 2.30. The molecule has 0 saturated carbocycles. The van der Waals surface area contributed by atoms with Gasteiger partial charge in [0.1, 0.15) is 0 Å². The molecule has 6 heteroatoms. The Labute approximate surface area is 97.3 Å². The number of aliphatic hydroxyl groups excluding tert-OH is 1. The van der Waals surface area contributed by atoms with Crippen molar-refractivity contribution in [3.05, 3.63) is 51.7 Å². The van der Waals surface area contributed by atoms with Crippen LogP contribution in [0, 0.1) is 10.1 Å². The molecule has 0 aliphatic rings. The van der Waals surface area contributed by atoms with Gasteiger partial charge in [0, 0.05) is 5.56 Å². The van der Waals surface area contributed by atoms with Crippen LogP contribution in [0.3, 0.4) is 0 Å². The lowest BCUT2D eigenvalue weighted by Crippen LogP contribution is -2.16. The summed E-state index contributed by atoms with van der Waals surface area (Å²) in [6, 6.07) is 7.78. The minimum absolute atomic E-state index is 0.00174. The zero-order chi connectivity index (χ0) is 12.8. The third kappa shape index (κ3) is 3.04. The van der Waals surface area contributed by atoms with Crippen molar-refractivity contribution in [1.82, 2.24) is 0 Å². The van der Waals surface area contributed by atoms with E-state index in [2.05, 4.69) is 4.74 Å². The number of hydrogen-bond acceptors (Lipinski definition) is 5. The van der Waals surface area contributed by atoms with E-state index in [0.29, 0.717) is 0 Å². The Morgan fingerprint density at radius 2 is 2.00 bits per heavy atom. The van der Waals surface area contributed by atoms with E-state index in [1.807, 2.05) is 0 Å².